The fourth-order valence-corrected chi connectivity index (χ4v) is 3.27. The van der Waals surface area contributed by atoms with E-state index in [1.807, 2.05) is 18.2 Å². The molecule has 1 aliphatic carbocycles. The predicted octanol–water partition coefficient (Wildman–Crippen LogP) is 2.29. The Labute approximate surface area is 129 Å². The molecule has 1 saturated carbocycles. The van der Waals surface area contributed by atoms with Gasteiger partial charge in [-0.05, 0) is 23.8 Å². The Morgan fingerprint density at radius 2 is 2.09 bits per heavy atom. The predicted molar refractivity (Wildman–Crippen MR) is 79.0 cm³/mol. The van der Waals surface area contributed by atoms with Gasteiger partial charge in [-0.25, -0.2) is 9.18 Å². The number of methoxy groups -OCH3 is 1. The Morgan fingerprint density at radius 3 is 2.77 bits per heavy atom. The number of rotatable bonds is 4. The number of hydrogen-bond acceptors (Lipinski definition) is 3. The summed E-state index contributed by atoms with van der Waals surface area (Å²) in [6.45, 7) is 0.106. The molecule has 3 rings (SSSR count). The van der Waals surface area contributed by atoms with Crippen LogP contribution in [0.2, 0.25) is 0 Å². The second kappa shape index (κ2) is 5.71. The highest BCUT2D eigenvalue weighted by Gasteiger charge is 2.49. The van der Waals surface area contributed by atoms with Crippen LogP contribution in [0.4, 0.5) is 4.39 Å². The average molecular weight is 305 g/mol. The number of ether oxygens (including phenoxy) is 1. The molecule has 2 fully saturated rings. The highest BCUT2D eigenvalue weighted by Crippen LogP contribution is 2.49. The SMILES string of the molecule is COC(=O)[C@@]1(F)CCN(C(=O)C[C@@H]2C[C@H]2c2ccccc2)C1. The van der Waals surface area contributed by atoms with Gasteiger partial charge in [-0.15, -0.1) is 0 Å². The zero-order valence-corrected chi connectivity index (χ0v) is 12.6. The van der Waals surface area contributed by atoms with Crippen molar-refractivity contribution in [2.24, 2.45) is 5.92 Å². The van der Waals surface area contributed by atoms with Crippen LogP contribution < -0.4 is 0 Å². The van der Waals surface area contributed by atoms with E-state index < -0.39 is 11.6 Å². The van der Waals surface area contributed by atoms with Crippen molar-refractivity contribution >= 4 is 11.9 Å². The van der Waals surface area contributed by atoms with Crippen LogP contribution in [0.3, 0.4) is 0 Å². The summed E-state index contributed by atoms with van der Waals surface area (Å²) in [5, 5.41) is 0. The van der Waals surface area contributed by atoms with Crippen LogP contribution in [0.25, 0.3) is 0 Å². The Balaban J connectivity index is 1.53. The molecule has 22 heavy (non-hydrogen) atoms. The zero-order chi connectivity index (χ0) is 15.7. The van der Waals surface area contributed by atoms with Gasteiger partial charge in [-0.2, -0.15) is 0 Å². The van der Waals surface area contributed by atoms with Gasteiger partial charge >= 0.3 is 5.97 Å². The molecule has 0 N–H and O–H groups in total. The summed E-state index contributed by atoms with van der Waals surface area (Å²) in [6, 6.07) is 10.1. The number of alkyl halides is 1. The van der Waals surface area contributed by atoms with E-state index in [1.165, 1.54) is 17.6 Å². The number of likely N-dealkylation sites (tertiary alicyclic amines) is 1. The zero-order valence-electron chi connectivity index (χ0n) is 12.6. The molecule has 0 aromatic heterocycles. The lowest BCUT2D eigenvalue weighted by Gasteiger charge is -2.19. The first-order chi connectivity index (χ1) is 10.5. The van der Waals surface area contributed by atoms with Gasteiger partial charge in [-0.3, -0.25) is 4.79 Å². The first kappa shape index (κ1) is 15.0. The van der Waals surface area contributed by atoms with Crippen molar-refractivity contribution in [1.29, 1.82) is 0 Å². The lowest BCUT2D eigenvalue weighted by molar-refractivity contribution is -0.154. The van der Waals surface area contributed by atoms with E-state index >= 15 is 0 Å². The Bertz CT molecular complexity index is 577. The van der Waals surface area contributed by atoms with E-state index in [4.69, 9.17) is 0 Å². The summed E-state index contributed by atoms with van der Waals surface area (Å²) < 4.78 is 18.8. The van der Waals surface area contributed by atoms with E-state index in [0.29, 0.717) is 18.3 Å². The third-order valence-electron chi connectivity index (χ3n) is 4.71. The summed E-state index contributed by atoms with van der Waals surface area (Å²) in [7, 11) is 1.17. The smallest absolute Gasteiger partial charge is 0.345 e. The van der Waals surface area contributed by atoms with Crippen LogP contribution in [0.15, 0.2) is 30.3 Å². The topological polar surface area (TPSA) is 46.6 Å². The lowest BCUT2D eigenvalue weighted by Crippen LogP contribution is -2.39. The maximum atomic E-state index is 14.3. The molecule has 0 bridgehead atoms. The molecule has 3 atom stereocenters. The first-order valence-corrected chi connectivity index (χ1v) is 7.63. The number of hydrogen-bond donors (Lipinski definition) is 0. The largest absolute Gasteiger partial charge is 0.467 e. The molecular weight excluding hydrogens is 285 g/mol. The number of carbonyl (C=O) groups excluding carboxylic acids is 2. The molecule has 0 unspecified atom stereocenters. The van der Waals surface area contributed by atoms with E-state index in [1.54, 1.807) is 0 Å². The van der Waals surface area contributed by atoms with E-state index in [9.17, 15) is 14.0 Å². The van der Waals surface area contributed by atoms with Crippen LogP contribution in [-0.2, 0) is 14.3 Å². The molecule has 5 heteroatoms. The first-order valence-electron chi connectivity index (χ1n) is 7.63. The minimum Gasteiger partial charge on any atom is -0.467 e. The van der Waals surface area contributed by atoms with Gasteiger partial charge < -0.3 is 9.64 Å². The minimum absolute atomic E-state index is 0.0260. The number of carbonyl (C=O) groups is 2. The van der Waals surface area contributed by atoms with Crippen molar-refractivity contribution in [1.82, 2.24) is 4.90 Å². The molecule has 0 spiro atoms. The molecule has 0 radical (unpaired) electrons. The molecule has 118 valence electrons. The van der Waals surface area contributed by atoms with Gasteiger partial charge in [0, 0.05) is 19.4 Å². The van der Waals surface area contributed by atoms with E-state index in [-0.39, 0.29) is 25.4 Å². The minimum atomic E-state index is -2.03. The molecule has 1 heterocycles. The third kappa shape index (κ3) is 2.85. The van der Waals surface area contributed by atoms with Crippen molar-refractivity contribution in [2.75, 3.05) is 20.2 Å². The quantitative estimate of drug-likeness (QED) is 0.802. The van der Waals surface area contributed by atoms with Crippen molar-refractivity contribution in [2.45, 2.75) is 30.8 Å². The second-order valence-corrected chi connectivity index (χ2v) is 6.24. The molecule has 2 aliphatic rings. The van der Waals surface area contributed by atoms with Gasteiger partial charge in [0.15, 0.2) is 0 Å². The monoisotopic (exact) mass is 305 g/mol. The van der Waals surface area contributed by atoms with Crippen molar-refractivity contribution in [3.05, 3.63) is 35.9 Å². The average Bonchev–Trinajstić information content (AvgIpc) is 3.18. The van der Waals surface area contributed by atoms with E-state index in [2.05, 4.69) is 16.9 Å². The Kier molecular flexibility index (Phi) is 3.89. The van der Waals surface area contributed by atoms with Crippen LogP contribution in [0, 0.1) is 5.92 Å². The van der Waals surface area contributed by atoms with Gasteiger partial charge in [0.25, 0.3) is 0 Å². The second-order valence-electron chi connectivity index (χ2n) is 6.24. The number of halogens is 1. The number of esters is 1. The maximum Gasteiger partial charge on any atom is 0.345 e. The van der Waals surface area contributed by atoms with Crippen molar-refractivity contribution in [3.63, 3.8) is 0 Å². The van der Waals surface area contributed by atoms with Crippen LogP contribution in [0.5, 0.6) is 0 Å². The third-order valence-corrected chi connectivity index (χ3v) is 4.71. The number of benzene rings is 1. The van der Waals surface area contributed by atoms with E-state index in [0.717, 1.165) is 6.42 Å². The Hall–Kier alpha value is -1.91. The molecule has 4 nitrogen and oxygen atoms in total. The summed E-state index contributed by atoms with van der Waals surface area (Å²) in [5.74, 6) is -0.172. The molecule has 1 aromatic carbocycles. The Morgan fingerprint density at radius 1 is 1.36 bits per heavy atom. The summed E-state index contributed by atoms with van der Waals surface area (Å²) >= 11 is 0. The maximum absolute atomic E-state index is 14.3. The molecule has 1 aliphatic heterocycles. The van der Waals surface area contributed by atoms with Gasteiger partial charge in [0.1, 0.15) is 0 Å². The van der Waals surface area contributed by atoms with Gasteiger partial charge in [-0.1, -0.05) is 30.3 Å². The molecule has 1 saturated heterocycles. The summed E-state index contributed by atoms with van der Waals surface area (Å²) in [6.07, 6.45) is 1.45. The summed E-state index contributed by atoms with van der Waals surface area (Å²) in [5.41, 5.74) is -0.775. The van der Waals surface area contributed by atoms with Gasteiger partial charge in [0.05, 0.1) is 13.7 Å². The fraction of sp³-hybridized carbons (Fsp3) is 0.529. The molecular formula is C17H20FNO3. The molecule has 1 amide bonds. The summed E-state index contributed by atoms with van der Waals surface area (Å²) in [4.78, 5) is 25.2. The molecule has 1 aromatic rings. The van der Waals surface area contributed by atoms with Gasteiger partial charge in [0.2, 0.25) is 11.6 Å². The standard InChI is InChI=1S/C17H20FNO3/c1-22-16(21)17(18)7-8-19(11-17)15(20)10-13-9-14(13)12-5-3-2-4-6-12/h2-6,13-14H,7-11H2,1H3/t13-,14-,17+/m0/s1. The van der Waals surface area contributed by atoms with Crippen LogP contribution >= 0.6 is 0 Å². The van der Waals surface area contributed by atoms with Crippen molar-refractivity contribution in [3.8, 4) is 0 Å². The highest BCUT2D eigenvalue weighted by molar-refractivity contribution is 5.83. The lowest BCUT2D eigenvalue weighted by atomic mass is 10.1. The fourth-order valence-electron chi connectivity index (χ4n) is 3.27. The van der Waals surface area contributed by atoms with Crippen molar-refractivity contribution < 1.29 is 18.7 Å². The normalized spacial score (nSPS) is 30.2. The van der Waals surface area contributed by atoms with Crippen LogP contribution in [-0.4, -0.2) is 42.6 Å². The van der Waals surface area contributed by atoms with Crippen LogP contribution in [0.1, 0.15) is 30.7 Å². The number of nitrogens with zero attached hydrogens (tertiary/aromatic N) is 1. The number of amides is 1. The highest BCUT2D eigenvalue weighted by atomic mass is 19.1.